The third-order valence-corrected chi connectivity index (χ3v) is 4.90. The SMILES string of the molecule is CN1C2CCC1CC(O)(c1ccc(C(F)F)c(F)c1)C2. The van der Waals surface area contributed by atoms with Crippen molar-refractivity contribution in [2.45, 2.75) is 49.8 Å². The lowest BCUT2D eigenvalue weighted by atomic mass is 9.80. The summed E-state index contributed by atoms with van der Waals surface area (Å²) in [4.78, 5) is 2.26. The first-order valence-corrected chi connectivity index (χ1v) is 6.93. The number of hydrogen-bond donors (Lipinski definition) is 1. The molecule has 0 aliphatic carbocycles. The molecule has 2 fully saturated rings. The van der Waals surface area contributed by atoms with Gasteiger partial charge < -0.3 is 10.0 Å². The highest BCUT2D eigenvalue weighted by Crippen LogP contribution is 2.45. The first-order valence-electron chi connectivity index (χ1n) is 6.93. The van der Waals surface area contributed by atoms with Crippen LogP contribution in [-0.4, -0.2) is 29.1 Å². The molecule has 5 heteroatoms. The van der Waals surface area contributed by atoms with Crippen LogP contribution in [0.15, 0.2) is 18.2 Å². The quantitative estimate of drug-likeness (QED) is 0.902. The molecule has 0 radical (unpaired) electrons. The molecule has 0 saturated carbocycles. The lowest BCUT2D eigenvalue weighted by molar-refractivity contribution is -0.0495. The van der Waals surface area contributed by atoms with Gasteiger partial charge in [-0.3, -0.25) is 0 Å². The molecule has 2 atom stereocenters. The lowest BCUT2D eigenvalue weighted by Gasteiger charge is -2.42. The number of benzene rings is 1. The Hall–Kier alpha value is -1.07. The molecule has 2 saturated heterocycles. The highest BCUT2D eigenvalue weighted by Gasteiger charge is 2.46. The van der Waals surface area contributed by atoms with Gasteiger partial charge in [0.05, 0.1) is 11.2 Å². The number of aliphatic hydroxyl groups is 1. The standard InChI is InChI=1S/C15H18F3NO/c1-19-10-3-4-11(19)8-15(20,7-10)9-2-5-12(14(17)18)13(16)6-9/h2,5-6,10-11,14,20H,3-4,7-8H2,1H3. The first kappa shape index (κ1) is 13.9. The van der Waals surface area contributed by atoms with Crippen LogP contribution in [0.2, 0.25) is 0 Å². The fourth-order valence-electron chi connectivity index (χ4n) is 3.67. The predicted octanol–water partition coefficient (Wildman–Crippen LogP) is 3.21. The van der Waals surface area contributed by atoms with Crippen molar-refractivity contribution in [3.63, 3.8) is 0 Å². The van der Waals surface area contributed by atoms with Crippen LogP contribution in [0.3, 0.4) is 0 Å². The van der Waals surface area contributed by atoms with Crippen LogP contribution in [0.25, 0.3) is 0 Å². The van der Waals surface area contributed by atoms with Crippen molar-refractivity contribution in [1.29, 1.82) is 0 Å². The fourth-order valence-corrected chi connectivity index (χ4v) is 3.67. The van der Waals surface area contributed by atoms with E-state index in [-0.39, 0.29) is 12.1 Å². The molecule has 2 aliphatic heterocycles. The van der Waals surface area contributed by atoms with E-state index in [1.807, 2.05) is 7.05 Å². The summed E-state index contributed by atoms with van der Waals surface area (Å²) < 4.78 is 38.9. The predicted molar refractivity (Wildman–Crippen MR) is 69.1 cm³/mol. The lowest BCUT2D eigenvalue weighted by Crippen LogP contribution is -2.47. The van der Waals surface area contributed by atoms with Crippen molar-refractivity contribution in [3.05, 3.63) is 35.1 Å². The molecule has 2 nitrogen and oxygen atoms in total. The number of hydrogen-bond acceptors (Lipinski definition) is 2. The molecule has 110 valence electrons. The minimum absolute atomic E-state index is 0.289. The van der Waals surface area contributed by atoms with E-state index in [2.05, 4.69) is 4.90 Å². The zero-order valence-electron chi connectivity index (χ0n) is 11.3. The normalized spacial score (nSPS) is 33.9. The van der Waals surface area contributed by atoms with Crippen LogP contribution in [0.5, 0.6) is 0 Å². The van der Waals surface area contributed by atoms with Gasteiger partial charge in [0, 0.05) is 12.1 Å². The van der Waals surface area contributed by atoms with E-state index in [1.54, 1.807) is 0 Å². The van der Waals surface area contributed by atoms with Gasteiger partial charge in [-0.05, 0) is 44.4 Å². The van der Waals surface area contributed by atoms with Crippen molar-refractivity contribution in [2.24, 2.45) is 0 Å². The van der Waals surface area contributed by atoms with Gasteiger partial charge in [0.2, 0.25) is 0 Å². The minimum atomic E-state index is -2.83. The third-order valence-electron chi connectivity index (χ3n) is 4.90. The smallest absolute Gasteiger partial charge is 0.266 e. The second kappa shape index (κ2) is 4.74. The summed E-state index contributed by atoms with van der Waals surface area (Å²) in [6.45, 7) is 0. The molecule has 2 aliphatic rings. The van der Waals surface area contributed by atoms with Crippen molar-refractivity contribution >= 4 is 0 Å². The van der Waals surface area contributed by atoms with Crippen LogP contribution in [-0.2, 0) is 5.60 Å². The molecule has 1 aromatic carbocycles. The Bertz CT molecular complexity index is 506. The molecular formula is C15H18F3NO. The van der Waals surface area contributed by atoms with Crippen LogP contribution < -0.4 is 0 Å². The Morgan fingerprint density at radius 2 is 1.85 bits per heavy atom. The molecule has 2 heterocycles. The first-order chi connectivity index (χ1) is 9.40. The number of piperidine rings is 1. The summed E-state index contributed by atoms with van der Waals surface area (Å²) >= 11 is 0. The summed E-state index contributed by atoms with van der Waals surface area (Å²) in [6.07, 6.45) is 0.302. The summed E-state index contributed by atoms with van der Waals surface area (Å²) in [5, 5.41) is 10.8. The van der Waals surface area contributed by atoms with Gasteiger partial charge in [-0.25, -0.2) is 13.2 Å². The summed E-state index contributed by atoms with van der Waals surface area (Å²) in [6, 6.07) is 4.18. The van der Waals surface area contributed by atoms with Crippen LogP contribution >= 0.6 is 0 Å². The molecule has 20 heavy (non-hydrogen) atoms. The van der Waals surface area contributed by atoms with Gasteiger partial charge in [0.15, 0.2) is 0 Å². The van der Waals surface area contributed by atoms with E-state index < -0.39 is 23.4 Å². The maximum absolute atomic E-state index is 13.7. The van der Waals surface area contributed by atoms with E-state index in [4.69, 9.17) is 0 Å². The van der Waals surface area contributed by atoms with Gasteiger partial charge in [0.25, 0.3) is 6.43 Å². The Morgan fingerprint density at radius 3 is 2.35 bits per heavy atom. The summed E-state index contributed by atoms with van der Waals surface area (Å²) in [5.74, 6) is -0.933. The second-order valence-corrected chi connectivity index (χ2v) is 6.03. The van der Waals surface area contributed by atoms with Crippen LogP contribution in [0, 0.1) is 5.82 Å². The molecule has 0 spiro atoms. The topological polar surface area (TPSA) is 23.5 Å². The largest absolute Gasteiger partial charge is 0.385 e. The molecule has 2 unspecified atom stereocenters. The average Bonchev–Trinajstić information content (AvgIpc) is 2.62. The number of fused-ring (bicyclic) bond motifs is 2. The zero-order chi connectivity index (χ0) is 14.5. The van der Waals surface area contributed by atoms with E-state index in [0.717, 1.165) is 25.0 Å². The average molecular weight is 285 g/mol. The highest BCUT2D eigenvalue weighted by molar-refractivity contribution is 5.30. The van der Waals surface area contributed by atoms with Gasteiger partial charge in [0.1, 0.15) is 5.82 Å². The van der Waals surface area contributed by atoms with Crippen molar-refractivity contribution < 1.29 is 18.3 Å². The van der Waals surface area contributed by atoms with Crippen molar-refractivity contribution in [2.75, 3.05) is 7.05 Å². The van der Waals surface area contributed by atoms with E-state index in [0.29, 0.717) is 18.4 Å². The van der Waals surface area contributed by atoms with Crippen LogP contribution in [0.4, 0.5) is 13.2 Å². The Balaban J connectivity index is 1.91. The van der Waals surface area contributed by atoms with Gasteiger partial charge in [-0.15, -0.1) is 0 Å². The number of nitrogens with zero attached hydrogens (tertiary/aromatic N) is 1. The van der Waals surface area contributed by atoms with E-state index in [1.165, 1.54) is 6.07 Å². The van der Waals surface area contributed by atoms with E-state index in [9.17, 15) is 18.3 Å². The number of rotatable bonds is 2. The Labute approximate surface area is 116 Å². The fraction of sp³-hybridized carbons (Fsp3) is 0.600. The maximum atomic E-state index is 13.7. The van der Waals surface area contributed by atoms with Gasteiger partial charge >= 0.3 is 0 Å². The maximum Gasteiger partial charge on any atom is 0.266 e. The Kier molecular flexibility index (Phi) is 3.29. The monoisotopic (exact) mass is 285 g/mol. The molecule has 2 bridgehead atoms. The van der Waals surface area contributed by atoms with Gasteiger partial charge in [-0.2, -0.15) is 0 Å². The number of halogens is 3. The van der Waals surface area contributed by atoms with Gasteiger partial charge in [-0.1, -0.05) is 12.1 Å². The summed E-state index contributed by atoms with van der Waals surface area (Å²) in [5.41, 5.74) is -1.28. The minimum Gasteiger partial charge on any atom is -0.385 e. The molecule has 1 aromatic rings. The zero-order valence-corrected chi connectivity index (χ0v) is 11.3. The Morgan fingerprint density at radius 1 is 1.25 bits per heavy atom. The third kappa shape index (κ3) is 2.13. The highest BCUT2D eigenvalue weighted by atomic mass is 19.3. The molecular weight excluding hydrogens is 267 g/mol. The summed E-state index contributed by atoms with van der Waals surface area (Å²) in [7, 11) is 2.04. The molecule has 0 amide bonds. The molecule has 1 N–H and O–H groups in total. The molecule has 3 rings (SSSR count). The van der Waals surface area contributed by atoms with Crippen molar-refractivity contribution in [1.82, 2.24) is 4.90 Å². The van der Waals surface area contributed by atoms with Crippen molar-refractivity contribution in [3.8, 4) is 0 Å². The molecule has 0 aromatic heterocycles. The second-order valence-electron chi connectivity index (χ2n) is 6.03. The van der Waals surface area contributed by atoms with Crippen LogP contribution in [0.1, 0.15) is 43.2 Å². The van der Waals surface area contributed by atoms with E-state index >= 15 is 0 Å². The number of alkyl halides is 2.